The SMILES string of the molecule is C[C@@H](C(=O)Nc1ccc(OC(F)(F)F)cc1)n1cnc2ccccc2c1=O. The number of fused-ring (bicyclic) bond motifs is 1. The molecule has 2 aromatic carbocycles. The van der Waals surface area contributed by atoms with Gasteiger partial charge in [-0.05, 0) is 43.3 Å². The first-order valence-electron chi connectivity index (χ1n) is 7.87. The molecular weight excluding hydrogens is 363 g/mol. The molecule has 0 fully saturated rings. The van der Waals surface area contributed by atoms with E-state index in [1.165, 1.54) is 30.0 Å². The lowest BCUT2D eigenvalue weighted by Gasteiger charge is -2.15. The molecule has 1 atom stereocenters. The average Bonchev–Trinajstić information content (AvgIpc) is 2.62. The maximum atomic E-state index is 12.5. The number of hydrogen-bond donors (Lipinski definition) is 1. The fourth-order valence-electron chi connectivity index (χ4n) is 2.47. The summed E-state index contributed by atoms with van der Waals surface area (Å²) in [6.07, 6.45) is -3.50. The summed E-state index contributed by atoms with van der Waals surface area (Å²) in [6.45, 7) is 1.52. The minimum atomic E-state index is -4.79. The summed E-state index contributed by atoms with van der Waals surface area (Å²) in [5.74, 6) is -0.915. The smallest absolute Gasteiger partial charge is 0.406 e. The van der Waals surface area contributed by atoms with Crippen molar-refractivity contribution < 1.29 is 22.7 Å². The summed E-state index contributed by atoms with van der Waals surface area (Å²) in [7, 11) is 0. The van der Waals surface area contributed by atoms with Crippen molar-refractivity contribution in [3.05, 3.63) is 65.2 Å². The van der Waals surface area contributed by atoms with Crippen LogP contribution < -0.4 is 15.6 Å². The van der Waals surface area contributed by atoms with Gasteiger partial charge in [0.25, 0.3) is 5.56 Å². The quantitative estimate of drug-likeness (QED) is 0.755. The maximum absolute atomic E-state index is 12.5. The van der Waals surface area contributed by atoms with Crippen LogP contribution in [0.1, 0.15) is 13.0 Å². The molecule has 0 radical (unpaired) electrons. The van der Waals surface area contributed by atoms with Gasteiger partial charge in [0.1, 0.15) is 11.8 Å². The Morgan fingerprint density at radius 3 is 2.48 bits per heavy atom. The number of halogens is 3. The normalized spacial score (nSPS) is 12.6. The summed E-state index contributed by atoms with van der Waals surface area (Å²) in [4.78, 5) is 29.1. The molecule has 0 aliphatic rings. The lowest BCUT2D eigenvalue weighted by atomic mass is 10.2. The van der Waals surface area contributed by atoms with E-state index in [2.05, 4.69) is 15.0 Å². The van der Waals surface area contributed by atoms with Gasteiger partial charge in [0.15, 0.2) is 0 Å². The number of ether oxygens (including phenoxy) is 1. The Hall–Kier alpha value is -3.36. The molecule has 0 aliphatic carbocycles. The van der Waals surface area contributed by atoms with Crippen molar-refractivity contribution in [2.24, 2.45) is 0 Å². The van der Waals surface area contributed by atoms with Crippen LogP contribution in [0.15, 0.2) is 59.7 Å². The van der Waals surface area contributed by atoms with Gasteiger partial charge in [0, 0.05) is 5.69 Å². The van der Waals surface area contributed by atoms with Gasteiger partial charge >= 0.3 is 6.36 Å². The minimum absolute atomic E-state index is 0.267. The molecule has 6 nitrogen and oxygen atoms in total. The summed E-state index contributed by atoms with van der Waals surface area (Å²) in [5.41, 5.74) is 0.423. The predicted octanol–water partition coefficient (Wildman–Crippen LogP) is 3.49. The van der Waals surface area contributed by atoms with Gasteiger partial charge in [-0.2, -0.15) is 0 Å². The predicted molar refractivity (Wildman–Crippen MR) is 92.5 cm³/mol. The van der Waals surface area contributed by atoms with Crippen molar-refractivity contribution in [2.45, 2.75) is 19.3 Å². The number of nitrogens with one attached hydrogen (secondary N) is 1. The van der Waals surface area contributed by atoms with Crippen LogP contribution >= 0.6 is 0 Å². The van der Waals surface area contributed by atoms with Crippen LogP contribution in [0.4, 0.5) is 18.9 Å². The standard InChI is InChI=1S/C18H14F3N3O3/c1-11(24-10-22-15-5-3-2-4-14(15)17(24)26)16(25)23-12-6-8-13(9-7-12)27-18(19,20)21/h2-11H,1H3,(H,23,25)/t11-/m0/s1. The number of benzene rings is 2. The lowest BCUT2D eigenvalue weighted by molar-refractivity contribution is -0.274. The van der Waals surface area contributed by atoms with E-state index in [0.29, 0.717) is 10.9 Å². The Bertz CT molecular complexity index is 1030. The van der Waals surface area contributed by atoms with E-state index >= 15 is 0 Å². The Balaban J connectivity index is 1.76. The third-order valence-electron chi connectivity index (χ3n) is 3.84. The maximum Gasteiger partial charge on any atom is 0.573 e. The number of hydrogen-bond acceptors (Lipinski definition) is 4. The topological polar surface area (TPSA) is 73.2 Å². The zero-order chi connectivity index (χ0) is 19.6. The van der Waals surface area contributed by atoms with Gasteiger partial charge in [0.2, 0.25) is 5.91 Å². The third-order valence-corrected chi connectivity index (χ3v) is 3.84. The van der Waals surface area contributed by atoms with E-state index in [4.69, 9.17) is 0 Å². The Labute approximate surface area is 151 Å². The first kappa shape index (κ1) is 18.4. The van der Waals surface area contributed by atoms with Gasteiger partial charge in [0.05, 0.1) is 17.2 Å². The molecule has 140 valence electrons. The molecule has 0 spiro atoms. The molecule has 0 saturated carbocycles. The van der Waals surface area contributed by atoms with E-state index in [9.17, 15) is 22.8 Å². The van der Waals surface area contributed by atoms with Crippen LogP contribution in [0.5, 0.6) is 5.75 Å². The monoisotopic (exact) mass is 377 g/mol. The van der Waals surface area contributed by atoms with E-state index in [1.54, 1.807) is 24.3 Å². The molecule has 1 N–H and O–H groups in total. The van der Waals surface area contributed by atoms with Crippen LogP contribution in [0.3, 0.4) is 0 Å². The zero-order valence-corrected chi connectivity index (χ0v) is 14.0. The second kappa shape index (κ2) is 7.10. The Morgan fingerprint density at radius 2 is 1.81 bits per heavy atom. The molecule has 0 saturated heterocycles. The van der Waals surface area contributed by atoms with E-state index in [-0.39, 0.29) is 11.2 Å². The van der Waals surface area contributed by atoms with Crippen LogP contribution in [0, 0.1) is 0 Å². The Morgan fingerprint density at radius 1 is 1.15 bits per heavy atom. The zero-order valence-electron chi connectivity index (χ0n) is 14.0. The minimum Gasteiger partial charge on any atom is -0.406 e. The lowest BCUT2D eigenvalue weighted by Crippen LogP contribution is -2.31. The highest BCUT2D eigenvalue weighted by Gasteiger charge is 2.31. The van der Waals surface area contributed by atoms with Crippen molar-refractivity contribution in [2.75, 3.05) is 5.32 Å². The number of anilines is 1. The van der Waals surface area contributed by atoms with Gasteiger partial charge < -0.3 is 10.1 Å². The first-order chi connectivity index (χ1) is 12.7. The fourth-order valence-corrected chi connectivity index (χ4v) is 2.47. The van der Waals surface area contributed by atoms with E-state index in [0.717, 1.165) is 12.1 Å². The number of amides is 1. The molecule has 0 unspecified atom stereocenters. The average molecular weight is 377 g/mol. The van der Waals surface area contributed by atoms with E-state index in [1.807, 2.05) is 0 Å². The molecule has 1 heterocycles. The third kappa shape index (κ3) is 4.25. The number of carbonyl (C=O) groups is 1. The van der Waals surface area contributed by atoms with Gasteiger partial charge in [-0.1, -0.05) is 12.1 Å². The summed E-state index contributed by atoms with van der Waals surface area (Å²) >= 11 is 0. The highest BCUT2D eigenvalue weighted by molar-refractivity contribution is 5.93. The molecule has 1 amide bonds. The molecule has 3 rings (SSSR count). The summed E-state index contributed by atoms with van der Waals surface area (Å²) < 4.78 is 41.5. The molecule has 3 aromatic rings. The second-order valence-corrected chi connectivity index (χ2v) is 5.71. The number of para-hydroxylation sites is 1. The van der Waals surface area contributed by atoms with Crippen molar-refractivity contribution in [1.82, 2.24) is 9.55 Å². The Kier molecular flexibility index (Phi) is 4.85. The molecule has 27 heavy (non-hydrogen) atoms. The molecule has 1 aromatic heterocycles. The molecular formula is C18H14F3N3O3. The number of nitrogens with zero attached hydrogens (tertiary/aromatic N) is 2. The number of rotatable bonds is 4. The molecule has 0 bridgehead atoms. The van der Waals surface area contributed by atoms with Crippen molar-refractivity contribution in [3.8, 4) is 5.75 Å². The largest absolute Gasteiger partial charge is 0.573 e. The van der Waals surface area contributed by atoms with Gasteiger partial charge in [-0.15, -0.1) is 13.2 Å². The van der Waals surface area contributed by atoms with Crippen LogP contribution in [-0.2, 0) is 4.79 Å². The first-order valence-corrected chi connectivity index (χ1v) is 7.87. The van der Waals surface area contributed by atoms with Crippen LogP contribution in [-0.4, -0.2) is 21.8 Å². The number of carbonyl (C=O) groups excluding carboxylic acids is 1. The van der Waals surface area contributed by atoms with Crippen molar-refractivity contribution in [1.29, 1.82) is 0 Å². The molecule has 9 heteroatoms. The highest BCUT2D eigenvalue weighted by Crippen LogP contribution is 2.24. The van der Waals surface area contributed by atoms with Gasteiger partial charge in [-0.25, -0.2) is 4.98 Å². The number of aromatic nitrogens is 2. The van der Waals surface area contributed by atoms with E-state index < -0.39 is 24.1 Å². The van der Waals surface area contributed by atoms with Crippen molar-refractivity contribution in [3.63, 3.8) is 0 Å². The number of alkyl halides is 3. The summed E-state index contributed by atoms with van der Waals surface area (Å²) in [5, 5.41) is 2.92. The second-order valence-electron chi connectivity index (χ2n) is 5.71. The van der Waals surface area contributed by atoms with Crippen LogP contribution in [0.2, 0.25) is 0 Å². The molecule has 0 aliphatic heterocycles. The van der Waals surface area contributed by atoms with Crippen molar-refractivity contribution >= 4 is 22.5 Å². The van der Waals surface area contributed by atoms with Gasteiger partial charge in [-0.3, -0.25) is 14.2 Å². The van der Waals surface area contributed by atoms with Crippen LogP contribution in [0.25, 0.3) is 10.9 Å². The highest BCUT2D eigenvalue weighted by atomic mass is 19.4. The fraction of sp³-hybridized carbons (Fsp3) is 0.167. The summed E-state index contributed by atoms with van der Waals surface area (Å²) in [6, 6.07) is 10.6.